The van der Waals surface area contributed by atoms with Crippen molar-refractivity contribution in [3.63, 3.8) is 0 Å². The van der Waals surface area contributed by atoms with Crippen LogP contribution in [-0.2, 0) is 16.1 Å². The molecule has 2 aromatic rings. The minimum Gasteiger partial charge on any atom is -0.484 e. The summed E-state index contributed by atoms with van der Waals surface area (Å²) in [6.07, 6.45) is 3.99. The number of aryl methyl sites for hydroxylation is 1. The molecule has 0 spiro atoms. The Morgan fingerprint density at radius 1 is 1.38 bits per heavy atom. The molecular formula is C17H21N3O5S. The fraction of sp³-hybridized carbons (Fsp3) is 0.412. The monoisotopic (exact) mass is 379 g/mol. The highest BCUT2D eigenvalue weighted by atomic mass is 32.2. The van der Waals surface area contributed by atoms with Crippen LogP contribution in [0.15, 0.2) is 28.9 Å². The van der Waals surface area contributed by atoms with E-state index < -0.39 is 17.9 Å². The van der Waals surface area contributed by atoms with Gasteiger partial charge in [0.25, 0.3) is 5.91 Å². The van der Waals surface area contributed by atoms with Crippen molar-refractivity contribution in [2.75, 3.05) is 19.1 Å². The number of nitrogens with one attached hydrogen (secondary N) is 1. The van der Waals surface area contributed by atoms with Crippen molar-refractivity contribution in [3.05, 3.63) is 41.5 Å². The largest absolute Gasteiger partial charge is 0.484 e. The van der Waals surface area contributed by atoms with E-state index in [2.05, 4.69) is 15.5 Å². The number of amides is 1. The summed E-state index contributed by atoms with van der Waals surface area (Å²) >= 11 is 1.58. The number of ether oxygens (including phenoxy) is 2. The molecule has 1 amide bonds. The van der Waals surface area contributed by atoms with Crippen molar-refractivity contribution in [1.29, 1.82) is 0 Å². The summed E-state index contributed by atoms with van der Waals surface area (Å²) in [6.45, 7) is 1.99. The summed E-state index contributed by atoms with van der Waals surface area (Å²) in [6, 6.07) is 4.37. The minimum absolute atomic E-state index is 0.0729. The number of nitrogens with zero attached hydrogens (tertiary/aromatic N) is 2. The van der Waals surface area contributed by atoms with Gasteiger partial charge in [-0.1, -0.05) is 5.16 Å². The van der Waals surface area contributed by atoms with Gasteiger partial charge in [0.15, 0.2) is 11.5 Å². The molecule has 0 aliphatic carbocycles. The molecule has 0 aliphatic heterocycles. The predicted molar refractivity (Wildman–Crippen MR) is 96.1 cm³/mol. The normalized spacial score (nSPS) is 11.7. The fourth-order valence-electron chi connectivity index (χ4n) is 2.04. The number of thioether (sulfide) groups is 1. The molecule has 140 valence electrons. The molecule has 1 unspecified atom stereocenters. The van der Waals surface area contributed by atoms with Gasteiger partial charge in [-0.25, -0.2) is 4.79 Å². The smallest absolute Gasteiger partial charge is 0.328 e. The average Bonchev–Trinajstić information content (AvgIpc) is 3.13. The Bertz CT molecular complexity index is 732. The highest BCUT2D eigenvalue weighted by molar-refractivity contribution is 7.98. The third-order valence-electron chi connectivity index (χ3n) is 3.46. The quantitative estimate of drug-likeness (QED) is 0.660. The summed E-state index contributed by atoms with van der Waals surface area (Å²) < 4.78 is 15.3. The van der Waals surface area contributed by atoms with Crippen LogP contribution in [0.4, 0.5) is 0 Å². The maximum absolute atomic E-state index is 12.3. The molecule has 0 bridgehead atoms. The zero-order chi connectivity index (χ0) is 18.9. The van der Waals surface area contributed by atoms with Gasteiger partial charge in [-0.3, -0.25) is 9.78 Å². The first-order valence-corrected chi connectivity index (χ1v) is 9.31. The summed E-state index contributed by atoms with van der Waals surface area (Å²) in [5, 5.41) is 6.33. The first kappa shape index (κ1) is 19.8. The molecule has 8 nitrogen and oxygen atoms in total. The van der Waals surface area contributed by atoms with Gasteiger partial charge in [-0.15, -0.1) is 0 Å². The standard InChI is InChI=1S/C17H21N3O5S/c1-11-4-5-12(9-18-11)24-10-13-8-15(20-25-13)16(21)19-14(6-7-26-3)17(22)23-2/h4-5,8-9,14H,6-7,10H2,1-3H3,(H,19,21). The molecule has 1 N–H and O–H groups in total. The van der Waals surface area contributed by atoms with E-state index in [1.165, 1.54) is 13.2 Å². The van der Waals surface area contributed by atoms with E-state index in [1.54, 1.807) is 24.0 Å². The Labute approximate surface area is 155 Å². The van der Waals surface area contributed by atoms with Gasteiger partial charge in [-0.05, 0) is 37.5 Å². The Balaban J connectivity index is 1.93. The van der Waals surface area contributed by atoms with E-state index in [0.29, 0.717) is 23.7 Å². The average molecular weight is 379 g/mol. The zero-order valence-electron chi connectivity index (χ0n) is 14.9. The molecule has 2 aromatic heterocycles. The van der Waals surface area contributed by atoms with Gasteiger partial charge in [0, 0.05) is 11.8 Å². The van der Waals surface area contributed by atoms with E-state index >= 15 is 0 Å². The number of hydrogen-bond donors (Lipinski definition) is 1. The molecular weight excluding hydrogens is 358 g/mol. The summed E-state index contributed by atoms with van der Waals surface area (Å²) in [5.74, 6) is 0.679. The van der Waals surface area contributed by atoms with Gasteiger partial charge in [-0.2, -0.15) is 11.8 Å². The number of rotatable bonds is 9. The number of hydrogen-bond acceptors (Lipinski definition) is 8. The molecule has 0 saturated carbocycles. The van der Waals surface area contributed by atoms with Crippen molar-refractivity contribution in [2.24, 2.45) is 0 Å². The van der Waals surface area contributed by atoms with Crippen molar-refractivity contribution < 1.29 is 23.6 Å². The lowest BCUT2D eigenvalue weighted by molar-refractivity contribution is -0.142. The van der Waals surface area contributed by atoms with E-state index in [0.717, 1.165) is 5.69 Å². The lowest BCUT2D eigenvalue weighted by Gasteiger charge is -2.14. The van der Waals surface area contributed by atoms with Gasteiger partial charge >= 0.3 is 5.97 Å². The van der Waals surface area contributed by atoms with Crippen LogP contribution in [-0.4, -0.2) is 47.2 Å². The molecule has 2 heterocycles. The Morgan fingerprint density at radius 2 is 2.19 bits per heavy atom. The van der Waals surface area contributed by atoms with E-state index in [-0.39, 0.29) is 12.3 Å². The molecule has 26 heavy (non-hydrogen) atoms. The number of carbonyl (C=O) groups is 2. The summed E-state index contributed by atoms with van der Waals surface area (Å²) in [5.41, 5.74) is 0.960. The maximum Gasteiger partial charge on any atom is 0.328 e. The molecule has 2 rings (SSSR count). The van der Waals surface area contributed by atoms with E-state index in [9.17, 15) is 9.59 Å². The number of aromatic nitrogens is 2. The fourth-order valence-corrected chi connectivity index (χ4v) is 2.51. The first-order chi connectivity index (χ1) is 12.5. The Hall–Kier alpha value is -2.55. The number of methoxy groups -OCH3 is 1. The van der Waals surface area contributed by atoms with Crippen LogP contribution in [0, 0.1) is 6.92 Å². The van der Waals surface area contributed by atoms with Gasteiger partial charge in [0.05, 0.1) is 13.3 Å². The van der Waals surface area contributed by atoms with Gasteiger partial charge < -0.3 is 19.3 Å². The molecule has 0 saturated heterocycles. The SMILES string of the molecule is COC(=O)C(CCSC)NC(=O)c1cc(COc2ccc(C)nc2)on1. The van der Waals surface area contributed by atoms with Gasteiger partial charge in [0.1, 0.15) is 18.4 Å². The van der Waals surface area contributed by atoms with Crippen LogP contribution < -0.4 is 10.1 Å². The van der Waals surface area contributed by atoms with E-state index in [4.69, 9.17) is 14.0 Å². The van der Waals surface area contributed by atoms with Crippen LogP contribution in [0.1, 0.15) is 28.4 Å². The number of esters is 1. The summed E-state index contributed by atoms with van der Waals surface area (Å²) in [7, 11) is 1.28. The molecule has 0 aromatic carbocycles. The molecule has 0 fully saturated rings. The van der Waals surface area contributed by atoms with Gasteiger partial charge in [0.2, 0.25) is 0 Å². The predicted octanol–water partition coefficient (Wildman–Crippen LogP) is 1.98. The zero-order valence-corrected chi connectivity index (χ0v) is 15.7. The molecule has 9 heteroatoms. The van der Waals surface area contributed by atoms with Crippen LogP contribution in [0.5, 0.6) is 5.75 Å². The first-order valence-electron chi connectivity index (χ1n) is 7.92. The highest BCUT2D eigenvalue weighted by Gasteiger charge is 2.23. The maximum atomic E-state index is 12.3. The molecule has 0 radical (unpaired) electrons. The topological polar surface area (TPSA) is 104 Å². The second-order valence-electron chi connectivity index (χ2n) is 5.43. The Kier molecular flexibility index (Phi) is 7.46. The van der Waals surface area contributed by atoms with Crippen molar-refractivity contribution >= 4 is 23.6 Å². The lowest BCUT2D eigenvalue weighted by Crippen LogP contribution is -2.42. The second kappa shape index (κ2) is 9.81. The Morgan fingerprint density at radius 3 is 2.85 bits per heavy atom. The summed E-state index contributed by atoms with van der Waals surface area (Å²) in [4.78, 5) is 28.1. The molecule has 1 atom stereocenters. The lowest BCUT2D eigenvalue weighted by atomic mass is 10.2. The number of carbonyl (C=O) groups excluding carboxylic acids is 2. The van der Waals surface area contributed by atoms with Crippen LogP contribution in [0.3, 0.4) is 0 Å². The van der Waals surface area contributed by atoms with Crippen LogP contribution >= 0.6 is 11.8 Å². The molecule has 0 aliphatic rings. The number of pyridine rings is 1. The second-order valence-corrected chi connectivity index (χ2v) is 6.42. The van der Waals surface area contributed by atoms with Crippen molar-refractivity contribution in [1.82, 2.24) is 15.5 Å². The minimum atomic E-state index is -0.727. The third kappa shape index (κ3) is 5.76. The van der Waals surface area contributed by atoms with Crippen molar-refractivity contribution in [2.45, 2.75) is 26.0 Å². The van der Waals surface area contributed by atoms with E-state index in [1.807, 2.05) is 19.2 Å². The third-order valence-corrected chi connectivity index (χ3v) is 4.10. The van der Waals surface area contributed by atoms with Crippen molar-refractivity contribution in [3.8, 4) is 5.75 Å². The highest BCUT2D eigenvalue weighted by Crippen LogP contribution is 2.13. The van der Waals surface area contributed by atoms with Crippen LogP contribution in [0.25, 0.3) is 0 Å². The van der Waals surface area contributed by atoms with Crippen LogP contribution in [0.2, 0.25) is 0 Å².